The second-order valence-electron chi connectivity index (χ2n) is 6.14. The molecule has 0 spiro atoms. The van der Waals surface area contributed by atoms with E-state index >= 15 is 0 Å². The highest BCUT2D eigenvalue weighted by Gasteiger charge is 2.37. The molecule has 1 amide bonds. The summed E-state index contributed by atoms with van der Waals surface area (Å²) in [4.78, 5) is 12.5. The highest BCUT2D eigenvalue weighted by molar-refractivity contribution is 7.86. The Kier molecular flexibility index (Phi) is 5.15. The minimum atomic E-state index is -3.46. The van der Waals surface area contributed by atoms with Crippen molar-refractivity contribution in [2.45, 2.75) is 26.2 Å². The molecule has 1 atom stereocenters. The predicted molar refractivity (Wildman–Crippen MR) is 101 cm³/mol. The fraction of sp³-hybridized carbons (Fsp3) is 0.471. The van der Waals surface area contributed by atoms with Gasteiger partial charge in [-0.15, -0.1) is 11.3 Å². The van der Waals surface area contributed by atoms with Gasteiger partial charge in [0.1, 0.15) is 0 Å². The maximum atomic E-state index is 12.8. The standard InChI is InChI=1S/C17H23N3O3S2/c1-3-19(4-2)25(22,23)20-10-9-12(11-20)15-13-7-5-6-8-14(13)24-16(15)17(18)21/h5-8,12H,3-4,9-11H2,1-2H3,(H2,18,21)/t12-/m1/s1. The van der Waals surface area contributed by atoms with E-state index in [1.807, 2.05) is 38.1 Å². The SMILES string of the molecule is CCN(CC)S(=O)(=O)N1CC[C@@H](c2c(C(N)=O)sc3ccccc23)C1. The van der Waals surface area contributed by atoms with E-state index in [4.69, 9.17) is 5.73 Å². The van der Waals surface area contributed by atoms with Gasteiger partial charge in [0.05, 0.1) is 4.88 Å². The van der Waals surface area contributed by atoms with Crippen LogP contribution in [0.3, 0.4) is 0 Å². The first-order valence-corrected chi connectivity index (χ1v) is 10.7. The van der Waals surface area contributed by atoms with E-state index in [2.05, 4.69) is 0 Å². The van der Waals surface area contributed by atoms with Gasteiger partial charge in [0.25, 0.3) is 16.1 Å². The Labute approximate surface area is 152 Å². The number of nitrogens with two attached hydrogens (primary N) is 1. The van der Waals surface area contributed by atoms with Crippen LogP contribution >= 0.6 is 11.3 Å². The van der Waals surface area contributed by atoms with E-state index in [0.717, 1.165) is 15.6 Å². The van der Waals surface area contributed by atoms with Gasteiger partial charge in [0.2, 0.25) is 0 Å². The normalized spacial score (nSPS) is 19.1. The lowest BCUT2D eigenvalue weighted by Gasteiger charge is -2.25. The number of thiophene rings is 1. The molecule has 136 valence electrons. The number of hydrogen-bond acceptors (Lipinski definition) is 4. The molecule has 0 saturated carbocycles. The zero-order chi connectivity index (χ0) is 18.2. The Bertz CT molecular complexity index is 888. The van der Waals surface area contributed by atoms with Crippen molar-refractivity contribution in [3.63, 3.8) is 0 Å². The lowest BCUT2D eigenvalue weighted by atomic mass is 9.95. The van der Waals surface area contributed by atoms with Crippen LogP contribution in [0.4, 0.5) is 0 Å². The molecule has 0 radical (unpaired) electrons. The molecule has 1 saturated heterocycles. The topological polar surface area (TPSA) is 83.7 Å². The minimum absolute atomic E-state index is 0.0102. The van der Waals surface area contributed by atoms with Crippen LogP contribution < -0.4 is 5.73 Å². The van der Waals surface area contributed by atoms with Crippen LogP contribution in [0.25, 0.3) is 10.1 Å². The predicted octanol–water partition coefficient (Wildman–Crippen LogP) is 2.38. The summed E-state index contributed by atoms with van der Waals surface area (Å²) in [6.45, 7) is 5.44. The molecule has 1 aromatic heterocycles. The zero-order valence-corrected chi connectivity index (χ0v) is 16.1. The van der Waals surface area contributed by atoms with E-state index in [1.54, 1.807) is 0 Å². The van der Waals surface area contributed by atoms with E-state index in [9.17, 15) is 13.2 Å². The average molecular weight is 382 g/mol. The Morgan fingerprint density at radius 2 is 2.00 bits per heavy atom. The van der Waals surface area contributed by atoms with Gasteiger partial charge in [-0.1, -0.05) is 32.0 Å². The number of carbonyl (C=O) groups excluding carboxylic acids is 1. The molecule has 0 unspecified atom stereocenters. The Hall–Kier alpha value is -1.48. The number of carbonyl (C=O) groups is 1. The largest absolute Gasteiger partial charge is 0.365 e. The van der Waals surface area contributed by atoms with Crippen molar-refractivity contribution in [1.82, 2.24) is 8.61 Å². The molecule has 1 aliphatic rings. The summed E-state index contributed by atoms with van der Waals surface area (Å²) in [6, 6.07) is 7.81. The second kappa shape index (κ2) is 7.03. The number of rotatable bonds is 6. The van der Waals surface area contributed by atoms with Crippen LogP contribution in [0.2, 0.25) is 0 Å². The van der Waals surface area contributed by atoms with E-state index < -0.39 is 16.1 Å². The van der Waals surface area contributed by atoms with Crippen LogP contribution in [0.15, 0.2) is 24.3 Å². The van der Waals surface area contributed by atoms with Crippen molar-refractivity contribution >= 4 is 37.5 Å². The first kappa shape index (κ1) is 18.3. The van der Waals surface area contributed by atoms with Crippen LogP contribution in [0.5, 0.6) is 0 Å². The summed E-state index contributed by atoms with van der Waals surface area (Å²) in [6.07, 6.45) is 0.696. The van der Waals surface area contributed by atoms with Gasteiger partial charge in [-0.25, -0.2) is 0 Å². The fourth-order valence-corrected chi connectivity index (χ4v) is 6.37. The molecule has 2 N–H and O–H groups in total. The van der Waals surface area contributed by atoms with Gasteiger partial charge in [-0.3, -0.25) is 4.79 Å². The van der Waals surface area contributed by atoms with Gasteiger partial charge in [-0.05, 0) is 23.4 Å². The number of hydrogen-bond donors (Lipinski definition) is 1. The first-order valence-electron chi connectivity index (χ1n) is 8.46. The molecule has 1 aromatic carbocycles. The lowest BCUT2D eigenvalue weighted by Crippen LogP contribution is -2.42. The third-order valence-electron chi connectivity index (χ3n) is 4.77. The third kappa shape index (κ3) is 3.19. The maximum Gasteiger partial charge on any atom is 0.281 e. The molecule has 2 heterocycles. The van der Waals surface area contributed by atoms with Crippen LogP contribution in [0.1, 0.15) is 41.4 Å². The monoisotopic (exact) mass is 381 g/mol. The number of nitrogens with zero attached hydrogens (tertiary/aromatic N) is 2. The summed E-state index contributed by atoms with van der Waals surface area (Å²) < 4.78 is 29.5. The third-order valence-corrected chi connectivity index (χ3v) is 8.13. The van der Waals surface area contributed by atoms with Crippen LogP contribution in [-0.2, 0) is 10.2 Å². The maximum absolute atomic E-state index is 12.8. The van der Waals surface area contributed by atoms with E-state index in [-0.39, 0.29) is 5.92 Å². The Morgan fingerprint density at radius 1 is 1.32 bits per heavy atom. The number of benzene rings is 1. The molecular formula is C17H23N3O3S2. The van der Waals surface area contributed by atoms with Gasteiger partial charge >= 0.3 is 0 Å². The van der Waals surface area contributed by atoms with E-state index in [1.165, 1.54) is 19.9 Å². The molecule has 2 aromatic rings. The Balaban J connectivity index is 1.96. The summed E-state index contributed by atoms with van der Waals surface area (Å²) in [5.74, 6) is -0.453. The van der Waals surface area contributed by atoms with Crippen molar-refractivity contribution in [1.29, 1.82) is 0 Å². The molecule has 8 heteroatoms. The molecule has 0 bridgehead atoms. The Morgan fingerprint density at radius 3 is 2.64 bits per heavy atom. The van der Waals surface area contributed by atoms with Crippen molar-refractivity contribution in [3.05, 3.63) is 34.7 Å². The molecule has 1 fully saturated rings. The van der Waals surface area contributed by atoms with Crippen molar-refractivity contribution in [2.24, 2.45) is 5.73 Å². The quantitative estimate of drug-likeness (QED) is 0.834. The highest BCUT2D eigenvalue weighted by Crippen LogP contribution is 2.40. The van der Waals surface area contributed by atoms with Crippen molar-refractivity contribution < 1.29 is 13.2 Å². The van der Waals surface area contributed by atoms with Crippen molar-refractivity contribution in [2.75, 3.05) is 26.2 Å². The van der Waals surface area contributed by atoms with Crippen molar-refractivity contribution in [3.8, 4) is 0 Å². The highest BCUT2D eigenvalue weighted by atomic mass is 32.2. The smallest absolute Gasteiger partial charge is 0.281 e. The molecular weight excluding hydrogens is 358 g/mol. The zero-order valence-electron chi connectivity index (χ0n) is 14.4. The lowest BCUT2D eigenvalue weighted by molar-refractivity contribution is 0.100. The number of primary amides is 1. The van der Waals surface area contributed by atoms with Crippen LogP contribution in [0, 0.1) is 0 Å². The van der Waals surface area contributed by atoms with E-state index in [0.29, 0.717) is 37.5 Å². The van der Waals surface area contributed by atoms with Gasteiger partial charge in [0, 0.05) is 36.8 Å². The number of fused-ring (bicyclic) bond motifs is 1. The number of amides is 1. The van der Waals surface area contributed by atoms with Gasteiger partial charge in [-0.2, -0.15) is 17.0 Å². The molecule has 3 rings (SSSR count). The minimum Gasteiger partial charge on any atom is -0.365 e. The van der Waals surface area contributed by atoms with Gasteiger partial charge < -0.3 is 5.73 Å². The summed E-state index contributed by atoms with van der Waals surface area (Å²) in [5, 5.41) is 1.01. The molecule has 25 heavy (non-hydrogen) atoms. The average Bonchev–Trinajstić information content (AvgIpc) is 3.20. The summed E-state index contributed by atoms with van der Waals surface area (Å²) >= 11 is 1.39. The second-order valence-corrected chi connectivity index (χ2v) is 9.12. The fourth-order valence-electron chi connectivity index (χ4n) is 3.54. The molecule has 6 nitrogen and oxygen atoms in total. The van der Waals surface area contributed by atoms with Crippen LogP contribution in [-0.4, -0.2) is 49.1 Å². The van der Waals surface area contributed by atoms with Gasteiger partial charge in [0.15, 0.2) is 0 Å². The molecule has 0 aliphatic carbocycles. The molecule has 1 aliphatic heterocycles. The summed E-state index contributed by atoms with van der Waals surface area (Å²) in [5.41, 5.74) is 6.50. The first-order chi connectivity index (χ1) is 11.9. The summed E-state index contributed by atoms with van der Waals surface area (Å²) in [7, 11) is -3.46.